The van der Waals surface area contributed by atoms with Crippen molar-refractivity contribution < 1.29 is 14.3 Å². The van der Waals surface area contributed by atoms with Gasteiger partial charge >= 0.3 is 5.97 Å². The first kappa shape index (κ1) is 19.9. The van der Waals surface area contributed by atoms with E-state index in [0.29, 0.717) is 11.3 Å². The van der Waals surface area contributed by atoms with Crippen LogP contribution in [0.15, 0.2) is 76.8 Å². The van der Waals surface area contributed by atoms with Crippen LogP contribution in [0, 0.1) is 17.2 Å². The molecule has 0 aliphatic carbocycles. The second-order valence-electron chi connectivity index (χ2n) is 6.57. The number of carbonyl (C=O) groups is 1. The van der Waals surface area contributed by atoms with Gasteiger partial charge in [-0.3, -0.25) is 0 Å². The molecule has 1 aliphatic rings. The van der Waals surface area contributed by atoms with Crippen molar-refractivity contribution in [1.29, 1.82) is 5.26 Å². The number of rotatable bonds is 4. The highest BCUT2D eigenvalue weighted by Crippen LogP contribution is 2.44. The number of allylic oxidation sites excluding steroid dienone is 1. The summed E-state index contributed by atoms with van der Waals surface area (Å²) in [5.41, 5.74) is 2.45. The van der Waals surface area contributed by atoms with Gasteiger partial charge in [-0.2, -0.15) is 5.26 Å². The Labute approximate surface area is 173 Å². The van der Waals surface area contributed by atoms with Crippen molar-refractivity contribution in [2.75, 3.05) is 7.11 Å². The molecule has 28 heavy (non-hydrogen) atoms. The molecular weight excluding hydrogens is 418 g/mol. The molecule has 3 unspecified atom stereocenters. The molecule has 4 nitrogen and oxygen atoms in total. The minimum atomic E-state index is -0.438. The number of methoxy groups -OCH3 is 1. The van der Waals surface area contributed by atoms with Gasteiger partial charge in [0.25, 0.3) is 0 Å². The van der Waals surface area contributed by atoms with Crippen molar-refractivity contribution >= 4 is 27.7 Å². The summed E-state index contributed by atoms with van der Waals surface area (Å²) >= 11 is 3.46. The highest BCUT2D eigenvalue weighted by molar-refractivity contribution is 9.10. The normalized spacial score (nSPS) is 21.9. The Hall–Kier alpha value is -2.84. The average Bonchev–Trinajstić information content (AvgIpc) is 2.73. The second-order valence-corrected chi connectivity index (χ2v) is 7.49. The molecule has 0 saturated heterocycles. The number of hydrogen-bond donors (Lipinski definition) is 0. The van der Waals surface area contributed by atoms with Crippen molar-refractivity contribution in [1.82, 2.24) is 0 Å². The highest BCUT2D eigenvalue weighted by atomic mass is 79.9. The number of ether oxygens (including phenoxy) is 2. The van der Waals surface area contributed by atoms with Gasteiger partial charge in [-0.25, -0.2) is 4.79 Å². The Morgan fingerprint density at radius 3 is 2.46 bits per heavy atom. The van der Waals surface area contributed by atoms with E-state index in [9.17, 15) is 10.1 Å². The van der Waals surface area contributed by atoms with Gasteiger partial charge in [-0.05, 0) is 23.8 Å². The molecule has 2 aromatic rings. The first-order valence-corrected chi connectivity index (χ1v) is 9.72. The molecule has 5 heteroatoms. The molecule has 0 bridgehead atoms. The number of halogens is 1. The molecule has 0 N–H and O–H groups in total. The fourth-order valence-electron chi connectivity index (χ4n) is 3.43. The number of nitrogens with zero attached hydrogens (tertiary/aromatic N) is 1. The largest absolute Gasteiger partial charge is 0.484 e. The fraction of sp³-hybridized carbons (Fsp3) is 0.217. The molecule has 0 radical (unpaired) electrons. The first-order valence-electron chi connectivity index (χ1n) is 8.93. The zero-order chi connectivity index (χ0) is 20.1. The van der Waals surface area contributed by atoms with E-state index in [0.717, 1.165) is 15.6 Å². The lowest BCUT2D eigenvalue weighted by Gasteiger charge is -2.36. The molecule has 0 amide bonds. The number of carbonyl (C=O) groups excluding carboxylic acids is 1. The summed E-state index contributed by atoms with van der Waals surface area (Å²) < 4.78 is 11.9. The Balaban J connectivity index is 2.12. The van der Waals surface area contributed by atoms with Crippen LogP contribution in [0.5, 0.6) is 0 Å². The van der Waals surface area contributed by atoms with Crippen molar-refractivity contribution in [3.63, 3.8) is 0 Å². The number of esters is 1. The molecule has 142 valence electrons. The predicted octanol–water partition coefficient (Wildman–Crippen LogP) is 5.23. The Morgan fingerprint density at radius 2 is 1.86 bits per heavy atom. The summed E-state index contributed by atoms with van der Waals surface area (Å²) in [6.45, 7) is 2.03. The van der Waals surface area contributed by atoms with Gasteiger partial charge in [-0.1, -0.05) is 65.3 Å². The molecule has 2 aromatic carbocycles. The highest BCUT2D eigenvalue weighted by Gasteiger charge is 2.38. The fourth-order valence-corrected chi connectivity index (χ4v) is 3.69. The minimum Gasteiger partial charge on any atom is -0.484 e. The summed E-state index contributed by atoms with van der Waals surface area (Å²) in [7, 11) is 1.34. The van der Waals surface area contributed by atoms with E-state index in [4.69, 9.17) is 9.47 Å². The quantitative estimate of drug-likeness (QED) is 0.485. The number of nitriles is 1. The number of hydrogen-bond acceptors (Lipinski definition) is 4. The lowest BCUT2D eigenvalue weighted by atomic mass is 9.76. The monoisotopic (exact) mass is 437 g/mol. The topological polar surface area (TPSA) is 59.3 Å². The van der Waals surface area contributed by atoms with Gasteiger partial charge in [0.1, 0.15) is 11.9 Å². The zero-order valence-corrected chi connectivity index (χ0v) is 17.2. The van der Waals surface area contributed by atoms with Gasteiger partial charge in [0, 0.05) is 27.9 Å². The van der Waals surface area contributed by atoms with Crippen molar-refractivity contribution in [2.24, 2.45) is 5.92 Å². The van der Waals surface area contributed by atoms with E-state index in [-0.39, 0.29) is 17.9 Å². The summed E-state index contributed by atoms with van der Waals surface area (Å²) in [5, 5.41) is 9.98. The van der Waals surface area contributed by atoms with E-state index in [2.05, 4.69) is 22.0 Å². The van der Waals surface area contributed by atoms with Crippen LogP contribution >= 0.6 is 15.9 Å². The van der Waals surface area contributed by atoms with Crippen LogP contribution in [-0.4, -0.2) is 19.2 Å². The minimum absolute atomic E-state index is 0.0517. The van der Waals surface area contributed by atoms with Gasteiger partial charge in [0.05, 0.1) is 18.8 Å². The van der Waals surface area contributed by atoms with Crippen LogP contribution in [0.3, 0.4) is 0 Å². The lowest BCUT2D eigenvalue weighted by Crippen LogP contribution is -2.31. The summed E-state index contributed by atoms with van der Waals surface area (Å²) in [4.78, 5) is 11.6. The summed E-state index contributed by atoms with van der Waals surface area (Å²) in [5.74, 6) is -0.0977. The maximum atomic E-state index is 11.6. The standard InChI is InChI=1S/C23H20BrNO3/c1-15-20(12-13-21(26)27-2)28-23(17-6-4-3-5-7-17)19(14-25)22(15)16-8-10-18(24)11-9-16/h3-13,15,20,22H,1-2H3/b13-12+. The molecule has 1 aliphatic heterocycles. The van der Waals surface area contributed by atoms with Crippen LogP contribution in [0.4, 0.5) is 0 Å². The van der Waals surface area contributed by atoms with Gasteiger partial charge in [0.15, 0.2) is 0 Å². The third-order valence-corrected chi connectivity index (χ3v) is 5.39. The van der Waals surface area contributed by atoms with Crippen LogP contribution in [0.25, 0.3) is 5.76 Å². The summed E-state index contributed by atoms with van der Waals surface area (Å²) in [6.07, 6.45) is 2.71. The molecule has 0 fully saturated rings. The molecule has 1 heterocycles. The van der Waals surface area contributed by atoms with Gasteiger partial charge in [0.2, 0.25) is 0 Å². The lowest BCUT2D eigenvalue weighted by molar-refractivity contribution is -0.134. The van der Waals surface area contributed by atoms with E-state index in [1.54, 1.807) is 6.08 Å². The zero-order valence-electron chi connectivity index (χ0n) is 15.6. The smallest absolute Gasteiger partial charge is 0.330 e. The van der Waals surface area contributed by atoms with E-state index in [1.165, 1.54) is 13.2 Å². The van der Waals surface area contributed by atoms with E-state index >= 15 is 0 Å². The van der Waals surface area contributed by atoms with Crippen LogP contribution in [0.1, 0.15) is 24.0 Å². The van der Waals surface area contributed by atoms with Crippen LogP contribution < -0.4 is 0 Å². The predicted molar refractivity (Wildman–Crippen MR) is 111 cm³/mol. The third kappa shape index (κ3) is 4.18. The van der Waals surface area contributed by atoms with Crippen LogP contribution in [-0.2, 0) is 14.3 Å². The Bertz CT molecular complexity index is 942. The first-order chi connectivity index (χ1) is 13.5. The second kappa shape index (κ2) is 8.90. The van der Waals surface area contributed by atoms with Crippen molar-refractivity contribution in [3.05, 3.63) is 87.9 Å². The van der Waals surface area contributed by atoms with E-state index in [1.807, 2.05) is 61.5 Å². The SMILES string of the molecule is COC(=O)/C=C/C1OC(c2ccccc2)=C(C#N)C(c2ccc(Br)cc2)C1C. The van der Waals surface area contributed by atoms with Gasteiger partial charge < -0.3 is 9.47 Å². The molecule has 3 atom stereocenters. The summed E-state index contributed by atoms with van der Waals surface area (Å²) in [6, 6.07) is 19.9. The maximum absolute atomic E-state index is 11.6. The van der Waals surface area contributed by atoms with E-state index < -0.39 is 5.97 Å². The number of benzene rings is 2. The molecule has 3 rings (SSSR count). The Morgan fingerprint density at radius 1 is 1.18 bits per heavy atom. The van der Waals surface area contributed by atoms with Crippen LogP contribution in [0.2, 0.25) is 0 Å². The van der Waals surface area contributed by atoms with Crippen molar-refractivity contribution in [3.8, 4) is 6.07 Å². The van der Waals surface area contributed by atoms with Crippen molar-refractivity contribution in [2.45, 2.75) is 18.9 Å². The Kier molecular flexibility index (Phi) is 6.33. The molecule has 0 spiro atoms. The average molecular weight is 438 g/mol. The molecular formula is C23H20BrNO3. The van der Waals surface area contributed by atoms with Gasteiger partial charge in [-0.15, -0.1) is 0 Å². The third-order valence-electron chi connectivity index (χ3n) is 4.86. The molecule has 0 saturated carbocycles. The maximum Gasteiger partial charge on any atom is 0.330 e. The molecule has 0 aromatic heterocycles.